The number of aromatic nitrogens is 4. The number of amides is 1. The summed E-state index contributed by atoms with van der Waals surface area (Å²) < 4.78 is 92.5. The van der Waals surface area contributed by atoms with Crippen molar-refractivity contribution in [1.82, 2.24) is 25.5 Å². The molecule has 1 amide bonds. The molecular formula is C26H25F6N5O4. The van der Waals surface area contributed by atoms with Crippen molar-refractivity contribution in [2.45, 2.75) is 50.0 Å². The second-order valence-corrected chi connectivity index (χ2v) is 9.31. The van der Waals surface area contributed by atoms with E-state index in [1.807, 2.05) is 5.10 Å². The molecule has 2 aromatic carbocycles. The van der Waals surface area contributed by atoms with Crippen LogP contribution in [0.2, 0.25) is 0 Å². The number of benzene rings is 2. The van der Waals surface area contributed by atoms with E-state index in [-0.39, 0.29) is 41.9 Å². The van der Waals surface area contributed by atoms with Gasteiger partial charge >= 0.3 is 18.0 Å². The van der Waals surface area contributed by atoms with Gasteiger partial charge in [0.2, 0.25) is 0 Å². The van der Waals surface area contributed by atoms with E-state index in [4.69, 9.17) is 9.47 Å². The molecule has 1 atom stereocenters. The number of hydrogen-bond donors (Lipinski definition) is 2. The van der Waals surface area contributed by atoms with Gasteiger partial charge < -0.3 is 14.8 Å². The van der Waals surface area contributed by atoms with Crippen LogP contribution in [0, 0.1) is 0 Å². The fourth-order valence-corrected chi connectivity index (χ4v) is 4.52. The maximum absolute atomic E-state index is 14.8. The largest absolute Gasteiger partial charge is 0.497 e. The lowest BCUT2D eigenvalue weighted by molar-refractivity contribution is -0.201. The van der Waals surface area contributed by atoms with Crippen LogP contribution in [-0.2, 0) is 10.3 Å². The summed E-state index contributed by atoms with van der Waals surface area (Å²) in [6.45, 7) is 0.0819. The lowest BCUT2D eigenvalue weighted by Gasteiger charge is -2.41. The van der Waals surface area contributed by atoms with Gasteiger partial charge in [-0.15, -0.1) is 0 Å². The smallest absolute Gasteiger partial charge is 0.416 e. The van der Waals surface area contributed by atoms with Gasteiger partial charge in [-0.05, 0) is 70.7 Å². The van der Waals surface area contributed by atoms with Gasteiger partial charge in [0.25, 0.3) is 5.91 Å². The van der Waals surface area contributed by atoms with Crippen LogP contribution in [0.5, 0.6) is 11.5 Å². The van der Waals surface area contributed by atoms with E-state index in [2.05, 4.69) is 15.7 Å². The lowest BCUT2D eigenvalue weighted by atomic mass is 9.77. The lowest BCUT2D eigenvalue weighted by Crippen LogP contribution is -2.59. The number of alkyl halides is 6. The monoisotopic (exact) mass is 585 g/mol. The average Bonchev–Trinajstić information content (AvgIpc) is 3.34. The van der Waals surface area contributed by atoms with Crippen LogP contribution < -0.4 is 20.5 Å². The SMILES string of the molecule is COc1ccc(C2=C(n3nn[nH]c3=O)C(=O)N[C@@](c3ccc(OCCCCCC(F)(F)F)cc3)(C(F)(F)F)C2)cc1. The number of carbonyl (C=O) groups is 1. The van der Waals surface area contributed by atoms with E-state index in [0.717, 1.165) is 12.1 Å². The highest BCUT2D eigenvalue weighted by atomic mass is 19.4. The molecule has 15 heteroatoms. The molecular weight excluding hydrogens is 560 g/mol. The maximum atomic E-state index is 14.8. The second kappa shape index (κ2) is 11.7. The van der Waals surface area contributed by atoms with Crippen LogP contribution in [0.15, 0.2) is 53.3 Å². The normalized spacial score (nSPS) is 17.9. The number of nitrogens with one attached hydrogen (secondary N) is 2. The molecule has 2 heterocycles. The van der Waals surface area contributed by atoms with Crippen LogP contribution >= 0.6 is 0 Å². The van der Waals surface area contributed by atoms with E-state index < -0.39 is 48.0 Å². The summed E-state index contributed by atoms with van der Waals surface area (Å²) in [4.78, 5) is 25.6. The molecule has 0 aliphatic carbocycles. The number of ether oxygens (including phenoxy) is 2. The van der Waals surface area contributed by atoms with E-state index in [9.17, 15) is 35.9 Å². The molecule has 0 fully saturated rings. The number of rotatable bonds is 10. The van der Waals surface area contributed by atoms with Gasteiger partial charge in [-0.1, -0.05) is 24.3 Å². The highest BCUT2D eigenvalue weighted by molar-refractivity contribution is 6.23. The van der Waals surface area contributed by atoms with Crippen molar-refractivity contribution in [2.24, 2.45) is 0 Å². The Morgan fingerprint density at radius 3 is 2.15 bits per heavy atom. The van der Waals surface area contributed by atoms with Gasteiger partial charge in [0.1, 0.15) is 17.2 Å². The summed E-state index contributed by atoms with van der Waals surface area (Å²) in [7, 11) is 1.42. The van der Waals surface area contributed by atoms with Crippen LogP contribution in [-0.4, -0.2) is 52.2 Å². The molecule has 0 saturated heterocycles. The minimum atomic E-state index is -4.98. The number of carbonyl (C=O) groups excluding carboxylic acids is 1. The highest BCUT2D eigenvalue weighted by Crippen LogP contribution is 2.49. The molecule has 0 unspecified atom stereocenters. The average molecular weight is 586 g/mol. The van der Waals surface area contributed by atoms with Crippen LogP contribution in [0.25, 0.3) is 11.3 Å². The number of methoxy groups -OCH3 is 1. The summed E-state index contributed by atoms with van der Waals surface area (Å²) in [5.41, 5.74) is -4.39. The Morgan fingerprint density at radius 2 is 1.59 bits per heavy atom. The number of unbranched alkanes of at least 4 members (excludes halogenated alkanes) is 2. The van der Waals surface area contributed by atoms with E-state index in [1.54, 1.807) is 0 Å². The highest BCUT2D eigenvalue weighted by Gasteiger charge is 2.60. The third-order valence-electron chi connectivity index (χ3n) is 6.60. The Labute approximate surface area is 229 Å². The molecule has 0 radical (unpaired) electrons. The molecule has 1 aliphatic rings. The molecule has 9 nitrogen and oxygen atoms in total. The molecule has 4 rings (SSSR count). The summed E-state index contributed by atoms with van der Waals surface area (Å²) in [6, 6.07) is 10.8. The third-order valence-corrected chi connectivity index (χ3v) is 6.60. The number of aromatic amines is 1. The Kier molecular flexibility index (Phi) is 8.44. The van der Waals surface area contributed by atoms with Gasteiger partial charge in [0, 0.05) is 12.8 Å². The van der Waals surface area contributed by atoms with Crippen molar-refractivity contribution >= 4 is 17.2 Å². The Balaban J connectivity index is 1.65. The zero-order valence-corrected chi connectivity index (χ0v) is 21.6. The number of nitrogens with zero attached hydrogens (tertiary/aromatic N) is 3. The number of halogens is 6. The molecule has 0 spiro atoms. The molecule has 41 heavy (non-hydrogen) atoms. The van der Waals surface area contributed by atoms with Gasteiger partial charge in [0.05, 0.1) is 13.7 Å². The first-order chi connectivity index (χ1) is 19.3. The summed E-state index contributed by atoms with van der Waals surface area (Å²) in [5.74, 6) is -0.563. The van der Waals surface area contributed by atoms with Gasteiger partial charge in [-0.25, -0.2) is 9.89 Å². The number of hydrogen-bond acceptors (Lipinski definition) is 6. The Morgan fingerprint density at radius 1 is 0.927 bits per heavy atom. The molecule has 2 N–H and O–H groups in total. The standard InChI is InChI=1S/C26H25F6N5O4/c1-40-18-9-5-16(6-10-18)20-15-24(26(30,31)32,33-22(38)21(20)37-23(39)34-35-36-37)17-7-11-19(12-8-17)41-14-4-2-3-13-25(27,28)29/h5-12H,2-4,13-15H2,1H3,(H,33,38)(H,34,36,39)/t24-/m0/s1. The zero-order valence-electron chi connectivity index (χ0n) is 21.6. The van der Waals surface area contributed by atoms with E-state index in [0.29, 0.717) is 16.9 Å². The van der Waals surface area contributed by atoms with Crippen LogP contribution in [0.1, 0.15) is 43.2 Å². The zero-order chi connectivity index (χ0) is 29.8. The summed E-state index contributed by atoms with van der Waals surface area (Å²) in [5, 5.41) is 11.0. The number of tetrazole rings is 1. The fraction of sp³-hybridized carbons (Fsp3) is 0.385. The van der Waals surface area contributed by atoms with E-state index >= 15 is 0 Å². The topological polar surface area (TPSA) is 111 Å². The van der Waals surface area contributed by atoms with Gasteiger partial charge in [-0.2, -0.15) is 31.0 Å². The summed E-state index contributed by atoms with van der Waals surface area (Å²) in [6.07, 6.45) is -10.3. The molecule has 3 aromatic rings. The maximum Gasteiger partial charge on any atom is 0.416 e. The van der Waals surface area contributed by atoms with Crippen molar-refractivity contribution < 1.29 is 40.6 Å². The Bertz CT molecular complexity index is 1440. The van der Waals surface area contributed by atoms with Gasteiger partial charge in [-0.3, -0.25) is 4.79 Å². The quantitative estimate of drug-likeness (QED) is 0.261. The first-order valence-corrected chi connectivity index (χ1v) is 12.4. The molecule has 220 valence electrons. The van der Waals surface area contributed by atoms with Crippen molar-refractivity contribution in [1.29, 1.82) is 0 Å². The first-order valence-electron chi connectivity index (χ1n) is 12.4. The third kappa shape index (κ3) is 6.55. The van der Waals surface area contributed by atoms with Crippen LogP contribution in [0.3, 0.4) is 0 Å². The van der Waals surface area contributed by atoms with E-state index in [1.165, 1.54) is 43.5 Å². The van der Waals surface area contributed by atoms with Gasteiger partial charge in [0.15, 0.2) is 5.54 Å². The minimum Gasteiger partial charge on any atom is -0.497 e. The Hall–Kier alpha value is -4.30. The minimum absolute atomic E-state index is 0.0495. The van der Waals surface area contributed by atoms with Crippen molar-refractivity contribution in [3.8, 4) is 11.5 Å². The summed E-state index contributed by atoms with van der Waals surface area (Å²) >= 11 is 0. The molecule has 1 aliphatic heterocycles. The molecule has 0 saturated carbocycles. The van der Waals surface area contributed by atoms with Crippen molar-refractivity contribution in [2.75, 3.05) is 13.7 Å². The first kappa shape index (κ1) is 29.7. The second-order valence-electron chi connectivity index (χ2n) is 9.31. The molecule has 1 aromatic heterocycles. The van der Waals surface area contributed by atoms with Crippen molar-refractivity contribution in [3.05, 3.63) is 70.1 Å². The van der Waals surface area contributed by atoms with Crippen LogP contribution in [0.4, 0.5) is 26.3 Å². The fourth-order valence-electron chi connectivity index (χ4n) is 4.52. The van der Waals surface area contributed by atoms with Crippen molar-refractivity contribution in [3.63, 3.8) is 0 Å². The predicted molar refractivity (Wildman–Crippen MR) is 134 cm³/mol. The molecule has 0 bridgehead atoms. The number of H-pyrrole nitrogens is 1. The predicted octanol–water partition coefficient (Wildman–Crippen LogP) is 4.82.